The van der Waals surface area contributed by atoms with E-state index in [1.807, 2.05) is 12.1 Å². The maximum absolute atomic E-state index is 11.8. The fraction of sp³-hybridized carbons (Fsp3) is 0.588. The number of methoxy groups -OCH3 is 1. The molecule has 1 amide bonds. The molecule has 0 aliphatic carbocycles. The van der Waals surface area contributed by atoms with Gasteiger partial charge in [-0.3, -0.25) is 9.69 Å². The molecule has 0 bridgehead atoms. The lowest BCUT2D eigenvalue weighted by molar-refractivity contribution is -0.118. The average Bonchev–Trinajstić information content (AvgIpc) is 2.51. The van der Waals surface area contributed by atoms with Gasteiger partial charge in [0.25, 0.3) is 0 Å². The smallest absolute Gasteiger partial charge is 0.243 e. The predicted molar refractivity (Wildman–Crippen MR) is 88.6 cm³/mol. The Morgan fingerprint density at radius 1 is 1.41 bits per heavy atom. The molecule has 1 saturated heterocycles. The van der Waals surface area contributed by atoms with Gasteiger partial charge in [0.15, 0.2) is 0 Å². The molecular formula is C17H27N3O2. The third kappa shape index (κ3) is 4.80. The molecule has 1 aromatic rings. The van der Waals surface area contributed by atoms with Gasteiger partial charge in [-0.15, -0.1) is 0 Å². The molecule has 1 fully saturated rings. The molecule has 5 nitrogen and oxygen atoms in total. The number of benzene rings is 1. The number of nitrogens with one attached hydrogen (secondary N) is 1. The van der Waals surface area contributed by atoms with E-state index in [2.05, 4.69) is 29.3 Å². The summed E-state index contributed by atoms with van der Waals surface area (Å²) >= 11 is 0. The molecule has 2 unspecified atom stereocenters. The summed E-state index contributed by atoms with van der Waals surface area (Å²) < 4.78 is 4.88. The summed E-state index contributed by atoms with van der Waals surface area (Å²) in [6.45, 7) is 4.66. The van der Waals surface area contributed by atoms with Gasteiger partial charge in [0.2, 0.25) is 5.91 Å². The highest BCUT2D eigenvalue weighted by atomic mass is 16.5. The van der Waals surface area contributed by atoms with Crippen molar-refractivity contribution in [3.63, 3.8) is 0 Å². The van der Waals surface area contributed by atoms with E-state index in [1.54, 1.807) is 0 Å². The van der Waals surface area contributed by atoms with Crippen molar-refractivity contribution in [3.05, 3.63) is 29.8 Å². The van der Waals surface area contributed by atoms with E-state index in [0.29, 0.717) is 6.04 Å². The molecule has 22 heavy (non-hydrogen) atoms. The van der Waals surface area contributed by atoms with Crippen molar-refractivity contribution in [2.45, 2.75) is 44.8 Å². The predicted octanol–water partition coefficient (Wildman–Crippen LogP) is 1.97. The van der Waals surface area contributed by atoms with Gasteiger partial charge >= 0.3 is 0 Å². The van der Waals surface area contributed by atoms with E-state index >= 15 is 0 Å². The van der Waals surface area contributed by atoms with Crippen molar-refractivity contribution in [2.75, 3.05) is 25.6 Å². The fourth-order valence-electron chi connectivity index (χ4n) is 2.81. The standard InChI is InChI=1S/C17H27N3O2/c1-13-5-3-4-10-20(13)11-14-6-8-15(9-7-14)19-17(21)16(18)12-22-2/h6-9,13,16H,3-5,10-12,18H2,1-2H3,(H,19,21). The summed E-state index contributed by atoms with van der Waals surface area (Å²) in [5.74, 6) is -0.223. The number of amides is 1. The number of hydrogen-bond acceptors (Lipinski definition) is 4. The van der Waals surface area contributed by atoms with E-state index in [0.717, 1.165) is 12.2 Å². The second-order valence-electron chi connectivity index (χ2n) is 6.06. The summed E-state index contributed by atoms with van der Waals surface area (Å²) in [5.41, 5.74) is 7.74. The van der Waals surface area contributed by atoms with Crippen LogP contribution in [-0.4, -0.2) is 43.2 Å². The van der Waals surface area contributed by atoms with Crippen LogP contribution in [0.5, 0.6) is 0 Å². The van der Waals surface area contributed by atoms with E-state index in [4.69, 9.17) is 10.5 Å². The van der Waals surface area contributed by atoms with E-state index < -0.39 is 6.04 Å². The van der Waals surface area contributed by atoms with Crippen molar-refractivity contribution >= 4 is 11.6 Å². The lowest BCUT2D eigenvalue weighted by atomic mass is 10.0. The Morgan fingerprint density at radius 2 is 2.14 bits per heavy atom. The Hall–Kier alpha value is -1.43. The van der Waals surface area contributed by atoms with E-state index in [1.165, 1.54) is 38.5 Å². The second-order valence-corrected chi connectivity index (χ2v) is 6.06. The molecule has 5 heteroatoms. The molecule has 122 valence electrons. The van der Waals surface area contributed by atoms with Crippen LogP contribution in [0.1, 0.15) is 31.7 Å². The number of nitrogens with two attached hydrogens (primary N) is 1. The lowest BCUT2D eigenvalue weighted by Gasteiger charge is -2.33. The Bertz CT molecular complexity index is 475. The monoisotopic (exact) mass is 305 g/mol. The fourth-order valence-corrected chi connectivity index (χ4v) is 2.81. The zero-order chi connectivity index (χ0) is 15.9. The molecule has 0 saturated carbocycles. The zero-order valence-electron chi connectivity index (χ0n) is 13.5. The Balaban J connectivity index is 1.88. The number of carbonyl (C=O) groups excluding carboxylic acids is 1. The number of rotatable bonds is 6. The van der Waals surface area contributed by atoms with Gasteiger partial charge in [-0.1, -0.05) is 18.6 Å². The van der Waals surface area contributed by atoms with Crippen LogP contribution in [0.2, 0.25) is 0 Å². The summed E-state index contributed by atoms with van der Waals surface area (Å²) in [7, 11) is 1.53. The van der Waals surface area contributed by atoms with Crippen LogP contribution in [-0.2, 0) is 16.1 Å². The Morgan fingerprint density at radius 3 is 2.77 bits per heavy atom. The van der Waals surface area contributed by atoms with Crippen molar-refractivity contribution in [3.8, 4) is 0 Å². The van der Waals surface area contributed by atoms with Gasteiger partial charge in [-0.25, -0.2) is 0 Å². The minimum absolute atomic E-state index is 0.219. The number of hydrogen-bond donors (Lipinski definition) is 2. The average molecular weight is 305 g/mol. The minimum Gasteiger partial charge on any atom is -0.383 e. The molecule has 3 N–H and O–H groups in total. The largest absolute Gasteiger partial charge is 0.383 e. The van der Waals surface area contributed by atoms with Gasteiger partial charge in [0.1, 0.15) is 6.04 Å². The number of nitrogens with zero attached hydrogens (tertiary/aromatic N) is 1. The molecule has 2 atom stereocenters. The number of ether oxygens (including phenoxy) is 1. The van der Waals surface area contributed by atoms with Crippen LogP contribution in [0.15, 0.2) is 24.3 Å². The van der Waals surface area contributed by atoms with Crippen molar-refractivity contribution in [2.24, 2.45) is 5.73 Å². The van der Waals surface area contributed by atoms with Crippen molar-refractivity contribution in [1.82, 2.24) is 4.90 Å². The highest BCUT2D eigenvalue weighted by molar-refractivity contribution is 5.94. The maximum atomic E-state index is 11.8. The molecule has 0 spiro atoms. The van der Waals surface area contributed by atoms with Crippen LogP contribution in [0.3, 0.4) is 0 Å². The number of likely N-dealkylation sites (tertiary alicyclic amines) is 1. The summed E-state index contributed by atoms with van der Waals surface area (Å²) in [5, 5.41) is 2.81. The van der Waals surface area contributed by atoms with Gasteiger partial charge in [-0.05, 0) is 44.0 Å². The highest BCUT2D eigenvalue weighted by Crippen LogP contribution is 2.20. The lowest BCUT2D eigenvalue weighted by Crippen LogP contribution is -2.39. The van der Waals surface area contributed by atoms with Crippen molar-refractivity contribution in [1.29, 1.82) is 0 Å². The molecule has 0 aromatic heterocycles. The molecule has 2 rings (SSSR count). The Labute approximate surface area is 132 Å². The van der Waals surface area contributed by atoms with Gasteiger partial charge < -0.3 is 15.8 Å². The summed E-state index contributed by atoms with van der Waals surface area (Å²) in [6, 6.07) is 8.01. The van der Waals surface area contributed by atoms with Crippen LogP contribution in [0.4, 0.5) is 5.69 Å². The summed E-state index contributed by atoms with van der Waals surface area (Å²) in [6.07, 6.45) is 3.91. The third-order valence-electron chi connectivity index (χ3n) is 4.23. The minimum atomic E-state index is -0.640. The number of piperidine rings is 1. The van der Waals surface area contributed by atoms with Crippen LogP contribution < -0.4 is 11.1 Å². The molecule has 1 aliphatic rings. The molecule has 1 aliphatic heterocycles. The number of carbonyl (C=O) groups is 1. The van der Waals surface area contributed by atoms with E-state index in [9.17, 15) is 4.79 Å². The first-order chi connectivity index (χ1) is 10.6. The van der Waals surface area contributed by atoms with Crippen LogP contribution >= 0.6 is 0 Å². The van der Waals surface area contributed by atoms with Crippen molar-refractivity contribution < 1.29 is 9.53 Å². The first-order valence-electron chi connectivity index (χ1n) is 7.98. The van der Waals surface area contributed by atoms with Crippen LogP contribution in [0, 0.1) is 0 Å². The first-order valence-corrected chi connectivity index (χ1v) is 7.98. The van der Waals surface area contributed by atoms with E-state index in [-0.39, 0.29) is 12.5 Å². The van der Waals surface area contributed by atoms with Gasteiger partial charge in [-0.2, -0.15) is 0 Å². The highest BCUT2D eigenvalue weighted by Gasteiger charge is 2.18. The zero-order valence-corrected chi connectivity index (χ0v) is 13.5. The quantitative estimate of drug-likeness (QED) is 0.843. The molecule has 0 radical (unpaired) electrons. The van der Waals surface area contributed by atoms with Gasteiger partial charge in [0, 0.05) is 25.4 Å². The topological polar surface area (TPSA) is 67.6 Å². The molecule has 1 heterocycles. The SMILES string of the molecule is COCC(N)C(=O)Nc1ccc(CN2CCCCC2C)cc1. The first kappa shape index (κ1) is 16.9. The number of anilines is 1. The summed E-state index contributed by atoms with van der Waals surface area (Å²) in [4.78, 5) is 14.3. The second kappa shape index (κ2) is 8.27. The normalized spacial score (nSPS) is 20.6. The maximum Gasteiger partial charge on any atom is 0.243 e. The third-order valence-corrected chi connectivity index (χ3v) is 4.23. The van der Waals surface area contributed by atoms with Crippen LogP contribution in [0.25, 0.3) is 0 Å². The molecular weight excluding hydrogens is 278 g/mol. The van der Waals surface area contributed by atoms with Gasteiger partial charge in [0.05, 0.1) is 6.61 Å². The Kier molecular flexibility index (Phi) is 6.36. The molecule has 1 aromatic carbocycles.